The first-order valence-corrected chi connectivity index (χ1v) is 10.2. The van der Waals surface area contributed by atoms with Gasteiger partial charge in [0.2, 0.25) is 11.1 Å². The van der Waals surface area contributed by atoms with Crippen LogP contribution in [-0.4, -0.2) is 31.9 Å². The van der Waals surface area contributed by atoms with Crippen molar-refractivity contribution < 1.29 is 4.79 Å². The molecule has 0 radical (unpaired) electrons. The lowest BCUT2D eigenvalue weighted by atomic mass is 10.0. The Labute approximate surface area is 150 Å². The Morgan fingerprint density at radius 2 is 2.25 bits per heavy atom. The van der Waals surface area contributed by atoms with Gasteiger partial charge in [0.15, 0.2) is 0 Å². The summed E-state index contributed by atoms with van der Waals surface area (Å²) in [6.45, 7) is 4.25. The van der Waals surface area contributed by atoms with Crippen molar-refractivity contribution >= 4 is 29.0 Å². The molecule has 1 saturated carbocycles. The molecule has 0 bridgehead atoms. The van der Waals surface area contributed by atoms with Gasteiger partial charge < -0.3 is 5.32 Å². The molecule has 1 aliphatic carbocycles. The Balaban J connectivity index is 1.57. The van der Waals surface area contributed by atoms with Crippen LogP contribution < -0.4 is 5.32 Å². The highest BCUT2D eigenvalue weighted by Crippen LogP contribution is 2.31. The van der Waals surface area contributed by atoms with Crippen molar-refractivity contribution in [3.8, 4) is 0 Å². The molecule has 1 atom stereocenters. The molecule has 1 fully saturated rings. The highest BCUT2D eigenvalue weighted by Gasteiger charge is 2.23. The molecule has 1 aliphatic rings. The molecular weight excluding hydrogens is 342 g/mol. The van der Waals surface area contributed by atoms with Gasteiger partial charge >= 0.3 is 0 Å². The van der Waals surface area contributed by atoms with Crippen LogP contribution >= 0.6 is 23.1 Å². The lowest BCUT2D eigenvalue weighted by molar-refractivity contribution is -0.119. The first-order chi connectivity index (χ1) is 11.6. The van der Waals surface area contributed by atoms with Gasteiger partial charge in [0.1, 0.15) is 0 Å². The van der Waals surface area contributed by atoms with E-state index in [1.165, 1.54) is 29.5 Å². The summed E-state index contributed by atoms with van der Waals surface area (Å²) in [6.07, 6.45) is 4.70. The highest BCUT2D eigenvalue weighted by atomic mass is 32.2. The van der Waals surface area contributed by atoms with Gasteiger partial charge in [0, 0.05) is 4.88 Å². The molecular formula is C16H23N5OS2. The second kappa shape index (κ2) is 8.11. The molecule has 2 aromatic rings. The standard InChI is InChI=1S/C16H23N5OS2/c1-11(2)15(13-8-5-9-23-13)17-14(22)10-24-16-18-19-20-21(16)12-6-3-4-7-12/h5,8-9,11-12,15H,3-4,6-7,10H2,1-2H3,(H,17,22)/t15-/m0/s1. The molecule has 0 unspecified atom stereocenters. The van der Waals surface area contributed by atoms with E-state index in [-0.39, 0.29) is 11.9 Å². The molecule has 1 amide bonds. The number of hydrogen-bond donors (Lipinski definition) is 1. The van der Waals surface area contributed by atoms with Gasteiger partial charge in [-0.05, 0) is 40.6 Å². The maximum absolute atomic E-state index is 12.4. The summed E-state index contributed by atoms with van der Waals surface area (Å²) in [5.41, 5.74) is 0. The van der Waals surface area contributed by atoms with E-state index in [9.17, 15) is 4.79 Å². The van der Waals surface area contributed by atoms with E-state index in [0.717, 1.165) is 18.0 Å². The zero-order chi connectivity index (χ0) is 16.9. The minimum atomic E-state index is 0.0214. The van der Waals surface area contributed by atoms with Crippen molar-refractivity contribution in [3.63, 3.8) is 0 Å². The molecule has 24 heavy (non-hydrogen) atoms. The average Bonchev–Trinajstić information content (AvgIpc) is 3.32. The summed E-state index contributed by atoms with van der Waals surface area (Å²) in [5.74, 6) is 0.705. The highest BCUT2D eigenvalue weighted by molar-refractivity contribution is 7.99. The van der Waals surface area contributed by atoms with Gasteiger partial charge in [0.05, 0.1) is 17.8 Å². The molecule has 8 heteroatoms. The van der Waals surface area contributed by atoms with Crippen LogP contribution in [0.15, 0.2) is 22.7 Å². The first-order valence-electron chi connectivity index (χ1n) is 8.38. The van der Waals surface area contributed by atoms with Gasteiger partial charge in [-0.3, -0.25) is 4.79 Å². The quantitative estimate of drug-likeness (QED) is 0.761. The van der Waals surface area contributed by atoms with Crippen LogP contribution in [0.3, 0.4) is 0 Å². The van der Waals surface area contributed by atoms with E-state index in [4.69, 9.17) is 0 Å². The van der Waals surface area contributed by atoms with Gasteiger partial charge in [0.25, 0.3) is 0 Å². The molecule has 130 valence electrons. The Hall–Kier alpha value is -1.41. The molecule has 0 spiro atoms. The minimum absolute atomic E-state index is 0.0214. The smallest absolute Gasteiger partial charge is 0.230 e. The van der Waals surface area contributed by atoms with Gasteiger partial charge in [-0.1, -0.05) is 44.5 Å². The summed E-state index contributed by atoms with van der Waals surface area (Å²) in [5, 5.41) is 17.9. The van der Waals surface area contributed by atoms with Crippen molar-refractivity contribution in [1.82, 2.24) is 25.5 Å². The zero-order valence-corrected chi connectivity index (χ0v) is 15.6. The predicted molar refractivity (Wildman–Crippen MR) is 96.1 cm³/mol. The summed E-state index contributed by atoms with van der Waals surface area (Å²) in [7, 11) is 0. The maximum atomic E-state index is 12.4. The second-order valence-electron chi connectivity index (χ2n) is 6.44. The number of thiophene rings is 1. The van der Waals surface area contributed by atoms with E-state index in [2.05, 4.69) is 40.8 Å². The third-order valence-electron chi connectivity index (χ3n) is 4.30. The largest absolute Gasteiger partial charge is 0.347 e. The van der Waals surface area contributed by atoms with E-state index < -0.39 is 0 Å². The van der Waals surface area contributed by atoms with Crippen molar-refractivity contribution in [1.29, 1.82) is 0 Å². The molecule has 6 nitrogen and oxygen atoms in total. The lowest BCUT2D eigenvalue weighted by Crippen LogP contribution is -2.32. The number of hydrogen-bond acceptors (Lipinski definition) is 6. The van der Waals surface area contributed by atoms with E-state index >= 15 is 0 Å². The average molecular weight is 366 g/mol. The fraction of sp³-hybridized carbons (Fsp3) is 0.625. The third-order valence-corrected chi connectivity index (χ3v) is 6.19. The molecule has 0 aromatic carbocycles. The number of rotatable bonds is 7. The number of aromatic nitrogens is 4. The van der Waals surface area contributed by atoms with Crippen LogP contribution in [0.2, 0.25) is 0 Å². The van der Waals surface area contributed by atoms with Crippen LogP contribution in [0.1, 0.15) is 56.5 Å². The maximum Gasteiger partial charge on any atom is 0.230 e. The SMILES string of the molecule is CC(C)[C@H](NC(=O)CSc1nnnn1C1CCCC1)c1cccs1. The second-order valence-corrected chi connectivity index (χ2v) is 8.36. The Morgan fingerprint density at radius 3 is 2.92 bits per heavy atom. The normalized spacial score (nSPS) is 16.6. The number of carbonyl (C=O) groups excluding carboxylic acids is 1. The van der Waals surface area contributed by atoms with Gasteiger partial charge in [-0.2, -0.15) is 0 Å². The number of tetrazole rings is 1. The van der Waals surface area contributed by atoms with E-state index in [0.29, 0.717) is 17.7 Å². The Bertz CT molecular complexity index is 649. The van der Waals surface area contributed by atoms with Crippen molar-refractivity contribution in [2.24, 2.45) is 5.92 Å². The minimum Gasteiger partial charge on any atom is -0.347 e. The fourth-order valence-corrected chi connectivity index (χ4v) is 4.74. The number of nitrogens with one attached hydrogen (secondary N) is 1. The fourth-order valence-electron chi connectivity index (χ4n) is 3.04. The number of thioether (sulfide) groups is 1. The number of carbonyl (C=O) groups is 1. The molecule has 0 saturated heterocycles. The van der Waals surface area contributed by atoms with Crippen molar-refractivity contribution in [2.75, 3.05) is 5.75 Å². The summed E-state index contributed by atoms with van der Waals surface area (Å²) >= 11 is 3.10. The van der Waals surface area contributed by atoms with Crippen LogP contribution in [0.5, 0.6) is 0 Å². The predicted octanol–water partition coefficient (Wildman–Crippen LogP) is 3.46. The summed E-state index contributed by atoms with van der Waals surface area (Å²) in [6, 6.07) is 4.54. The topological polar surface area (TPSA) is 72.7 Å². The first kappa shape index (κ1) is 17.4. The third kappa shape index (κ3) is 4.16. The van der Waals surface area contributed by atoms with Crippen LogP contribution in [0.25, 0.3) is 0 Å². The van der Waals surface area contributed by atoms with Crippen LogP contribution in [-0.2, 0) is 4.79 Å². The van der Waals surface area contributed by atoms with Gasteiger partial charge in [-0.25, -0.2) is 4.68 Å². The van der Waals surface area contributed by atoms with Crippen molar-refractivity contribution in [2.45, 2.75) is 56.8 Å². The lowest BCUT2D eigenvalue weighted by Gasteiger charge is -2.21. The number of amides is 1. The summed E-state index contributed by atoms with van der Waals surface area (Å²) < 4.78 is 1.89. The summed E-state index contributed by atoms with van der Waals surface area (Å²) in [4.78, 5) is 13.6. The van der Waals surface area contributed by atoms with Crippen molar-refractivity contribution in [3.05, 3.63) is 22.4 Å². The molecule has 0 aliphatic heterocycles. The van der Waals surface area contributed by atoms with Gasteiger partial charge in [-0.15, -0.1) is 16.4 Å². The van der Waals surface area contributed by atoms with Crippen LogP contribution in [0.4, 0.5) is 0 Å². The Morgan fingerprint density at radius 1 is 1.46 bits per heavy atom. The molecule has 2 aromatic heterocycles. The number of nitrogens with zero attached hydrogens (tertiary/aromatic N) is 4. The van der Waals surface area contributed by atoms with E-state index in [1.54, 1.807) is 11.3 Å². The molecule has 3 rings (SSSR count). The molecule has 2 heterocycles. The van der Waals surface area contributed by atoms with Crippen LogP contribution in [0, 0.1) is 5.92 Å². The molecule has 1 N–H and O–H groups in total. The monoisotopic (exact) mass is 365 g/mol. The Kier molecular flexibility index (Phi) is 5.89. The zero-order valence-electron chi connectivity index (χ0n) is 14.0. The van der Waals surface area contributed by atoms with E-state index in [1.807, 2.05) is 16.1 Å².